The van der Waals surface area contributed by atoms with Crippen molar-refractivity contribution in [3.05, 3.63) is 41.7 Å². The van der Waals surface area contributed by atoms with Gasteiger partial charge >= 0.3 is 5.97 Å². The van der Waals surface area contributed by atoms with E-state index >= 15 is 0 Å². The predicted octanol–water partition coefficient (Wildman–Crippen LogP) is 6.70. The van der Waals surface area contributed by atoms with E-state index < -0.39 is 0 Å². The van der Waals surface area contributed by atoms with Crippen LogP contribution in [0.25, 0.3) is 11.4 Å². The second kappa shape index (κ2) is 11.8. The molecule has 4 heteroatoms. The van der Waals surface area contributed by atoms with Gasteiger partial charge in [0.2, 0.25) is 0 Å². The number of carbonyl (C=O) groups is 1. The van der Waals surface area contributed by atoms with Gasteiger partial charge in [-0.15, -0.1) is 0 Å². The minimum atomic E-state index is -0.189. The van der Waals surface area contributed by atoms with Crippen LogP contribution in [-0.4, -0.2) is 15.9 Å². The quantitative estimate of drug-likeness (QED) is 0.236. The highest BCUT2D eigenvalue weighted by Gasteiger charge is 2.20. The molecule has 0 aliphatic heterocycles. The monoisotopic (exact) mass is 408 g/mol. The average molecular weight is 409 g/mol. The van der Waals surface area contributed by atoms with E-state index in [0.717, 1.165) is 36.6 Å². The fourth-order valence-corrected chi connectivity index (χ4v) is 4.24. The number of aromatic nitrogens is 2. The molecule has 0 amide bonds. The van der Waals surface area contributed by atoms with E-state index in [1.807, 2.05) is 37.4 Å². The van der Waals surface area contributed by atoms with Gasteiger partial charge in [0.25, 0.3) is 0 Å². The Balaban J connectivity index is 1.52. The third-order valence-electron chi connectivity index (χ3n) is 6.02. The Morgan fingerprint density at radius 3 is 2.57 bits per heavy atom. The Kier molecular flexibility index (Phi) is 8.85. The molecule has 1 unspecified atom stereocenters. The van der Waals surface area contributed by atoms with E-state index in [4.69, 9.17) is 9.72 Å². The maximum Gasteiger partial charge on any atom is 0.311 e. The molecule has 1 aromatic heterocycles. The van der Waals surface area contributed by atoms with Gasteiger partial charge in [0.1, 0.15) is 5.75 Å². The van der Waals surface area contributed by atoms with E-state index in [0.29, 0.717) is 12.2 Å². The van der Waals surface area contributed by atoms with Crippen molar-refractivity contribution in [1.29, 1.82) is 0 Å². The number of esters is 1. The lowest BCUT2D eigenvalue weighted by Gasteiger charge is -2.24. The fourth-order valence-electron chi connectivity index (χ4n) is 4.24. The zero-order valence-electron chi connectivity index (χ0n) is 18.7. The van der Waals surface area contributed by atoms with Gasteiger partial charge in [-0.05, 0) is 61.4 Å². The van der Waals surface area contributed by atoms with Gasteiger partial charge in [0, 0.05) is 23.9 Å². The van der Waals surface area contributed by atoms with Crippen molar-refractivity contribution in [3.8, 4) is 17.1 Å². The molecule has 1 aliphatic rings. The van der Waals surface area contributed by atoms with Crippen molar-refractivity contribution in [3.63, 3.8) is 0 Å². The van der Waals surface area contributed by atoms with Crippen LogP contribution in [0.2, 0.25) is 0 Å². The normalized spacial score (nSPS) is 15.6. The van der Waals surface area contributed by atoms with Crippen LogP contribution in [0.1, 0.15) is 89.3 Å². The standard InChI is InChI=1S/C26H36N2O2/c1-3-5-6-7-8-9-11-20-12-17-24-22(18-20)19-27-26(28-24)21-13-15-23(16-14-21)30-25(29)10-4-2/h13-16,19-20H,3-12,17-18H2,1-2H3. The first-order chi connectivity index (χ1) is 14.7. The molecule has 0 saturated heterocycles. The van der Waals surface area contributed by atoms with Gasteiger partial charge in [-0.3, -0.25) is 4.79 Å². The molecule has 2 aromatic rings. The molecule has 4 nitrogen and oxygen atoms in total. The summed E-state index contributed by atoms with van der Waals surface area (Å²) in [6.45, 7) is 4.24. The smallest absolute Gasteiger partial charge is 0.311 e. The van der Waals surface area contributed by atoms with Gasteiger partial charge < -0.3 is 4.74 Å². The molecule has 0 fully saturated rings. The van der Waals surface area contributed by atoms with Crippen molar-refractivity contribution >= 4 is 5.97 Å². The summed E-state index contributed by atoms with van der Waals surface area (Å²) in [5.41, 5.74) is 3.49. The molecule has 0 bridgehead atoms. The molecule has 30 heavy (non-hydrogen) atoms. The predicted molar refractivity (Wildman–Crippen MR) is 122 cm³/mol. The first-order valence-corrected chi connectivity index (χ1v) is 11.9. The second-order valence-electron chi connectivity index (χ2n) is 8.58. The maximum absolute atomic E-state index is 11.6. The van der Waals surface area contributed by atoms with E-state index in [9.17, 15) is 4.79 Å². The summed E-state index contributed by atoms with van der Waals surface area (Å²) >= 11 is 0. The Labute approximate surface area is 181 Å². The van der Waals surface area contributed by atoms with Gasteiger partial charge in [-0.2, -0.15) is 0 Å². The highest BCUT2D eigenvalue weighted by Crippen LogP contribution is 2.29. The highest BCUT2D eigenvalue weighted by atomic mass is 16.5. The number of ether oxygens (including phenoxy) is 1. The van der Waals surface area contributed by atoms with Crippen LogP contribution in [0.3, 0.4) is 0 Å². The minimum absolute atomic E-state index is 0.189. The Morgan fingerprint density at radius 2 is 1.80 bits per heavy atom. The number of aryl methyl sites for hydroxylation is 1. The van der Waals surface area contributed by atoms with E-state index in [1.165, 1.54) is 62.6 Å². The average Bonchev–Trinajstić information content (AvgIpc) is 2.76. The molecular weight excluding hydrogens is 372 g/mol. The molecule has 0 spiro atoms. The molecule has 162 valence electrons. The minimum Gasteiger partial charge on any atom is -0.427 e. The van der Waals surface area contributed by atoms with Crippen molar-refractivity contribution in [2.24, 2.45) is 5.92 Å². The van der Waals surface area contributed by atoms with Crippen LogP contribution in [-0.2, 0) is 17.6 Å². The SMILES string of the molecule is CCCCCCCCC1CCc2nc(-c3ccc(OC(=O)CCC)cc3)ncc2C1. The first kappa shape index (κ1) is 22.5. The largest absolute Gasteiger partial charge is 0.427 e. The topological polar surface area (TPSA) is 52.1 Å². The molecule has 3 rings (SSSR count). The third-order valence-corrected chi connectivity index (χ3v) is 6.02. The van der Waals surface area contributed by atoms with Gasteiger partial charge in [-0.25, -0.2) is 9.97 Å². The van der Waals surface area contributed by atoms with Gasteiger partial charge in [0.15, 0.2) is 5.82 Å². The molecule has 1 aromatic carbocycles. The van der Waals surface area contributed by atoms with Gasteiger partial charge in [0.05, 0.1) is 0 Å². The molecule has 1 aliphatic carbocycles. The number of carbonyl (C=O) groups excluding carboxylic acids is 1. The summed E-state index contributed by atoms with van der Waals surface area (Å²) in [6, 6.07) is 7.51. The third kappa shape index (κ3) is 6.65. The number of fused-ring (bicyclic) bond motifs is 1. The van der Waals surface area contributed by atoms with Crippen LogP contribution in [0.5, 0.6) is 5.75 Å². The summed E-state index contributed by atoms with van der Waals surface area (Å²) in [7, 11) is 0. The number of benzene rings is 1. The lowest BCUT2D eigenvalue weighted by molar-refractivity contribution is -0.134. The Hall–Kier alpha value is -2.23. The Morgan fingerprint density at radius 1 is 1.03 bits per heavy atom. The van der Waals surface area contributed by atoms with Crippen LogP contribution in [0, 0.1) is 5.92 Å². The number of hydrogen-bond donors (Lipinski definition) is 0. The number of unbranched alkanes of at least 4 members (excludes halogenated alkanes) is 5. The van der Waals surface area contributed by atoms with E-state index in [1.54, 1.807) is 0 Å². The molecule has 0 N–H and O–H groups in total. The van der Waals surface area contributed by atoms with Crippen molar-refractivity contribution < 1.29 is 9.53 Å². The summed E-state index contributed by atoms with van der Waals surface area (Å²) in [4.78, 5) is 21.1. The molecular formula is C26H36N2O2. The van der Waals surface area contributed by atoms with Crippen molar-refractivity contribution in [2.75, 3.05) is 0 Å². The Bertz CT molecular complexity index is 801. The van der Waals surface area contributed by atoms with Gasteiger partial charge in [-0.1, -0.05) is 58.8 Å². The fraction of sp³-hybridized carbons (Fsp3) is 0.577. The zero-order chi connectivity index (χ0) is 21.2. The highest BCUT2D eigenvalue weighted by molar-refractivity contribution is 5.72. The van der Waals surface area contributed by atoms with Crippen LogP contribution >= 0.6 is 0 Å². The number of hydrogen-bond acceptors (Lipinski definition) is 4. The first-order valence-electron chi connectivity index (χ1n) is 11.9. The second-order valence-corrected chi connectivity index (χ2v) is 8.58. The lowest BCUT2D eigenvalue weighted by Crippen LogP contribution is -2.16. The maximum atomic E-state index is 11.6. The molecule has 0 radical (unpaired) electrons. The molecule has 0 saturated carbocycles. The van der Waals surface area contributed by atoms with E-state index in [-0.39, 0.29) is 5.97 Å². The number of rotatable bonds is 11. The summed E-state index contributed by atoms with van der Waals surface area (Å²) in [5.74, 6) is 1.93. The van der Waals surface area contributed by atoms with Crippen molar-refractivity contribution in [1.82, 2.24) is 9.97 Å². The summed E-state index contributed by atoms with van der Waals surface area (Å²) < 4.78 is 5.33. The number of nitrogens with zero attached hydrogens (tertiary/aromatic N) is 2. The van der Waals surface area contributed by atoms with Crippen LogP contribution in [0.15, 0.2) is 30.5 Å². The van der Waals surface area contributed by atoms with Crippen LogP contribution in [0.4, 0.5) is 0 Å². The zero-order valence-corrected chi connectivity index (χ0v) is 18.7. The lowest BCUT2D eigenvalue weighted by atomic mass is 9.84. The van der Waals surface area contributed by atoms with E-state index in [2.05, 4.69) is 11.9 Å². The molecule has 1 atom stereocenters. The summed E-state index contributed by atoms with van der Waals surface area (Å²) in [6.07, 6.45) is 16.2. The molecule has 1 heterocycles. The summed E-state index contributed by atoms with van der Waals surface area (Å²) in [5, 5.41) is 0. The van der Waals surface area contributed by atoms with Crippen LogP contribution < -0.4 is 4.74 Å². The van der Waals surface area contributed by atoms with Crippen molar-refractivity contribution in [2.45, 2.75) is 90.9 Å².